The maximum absolute atomic E-state index is 17.3. The fourth-order valence-corrected chi connectivity index (χ4v) is 9.63. The molecule has 5 saturated heterocycles. The van der Waals surface area contributed by atoms with Crippen molar-refractivity contribution >= 4 is 33.6 Å². The van der Waals surface area contributed by atoms with Gasteiger partial charge in [-0.25, -0.2) is 9.18 Å². The second kappa shape index (κ2) is 14.2. The van der Waals surface area contributed by atoms with Crippen LogP contribution in [0.15, 0.2) is 42.6 Å². The van der Waals surface area contributed by atoms with Crippen LogP contribution < -0.4 is 9.64 Å². The molecule has 0 N–H and O–H groups in total. The van der Waals surface area contributed by atoms with Gasteiger partial charge in [0.2, 0.25) is 0 Å². The highest BCUT2D eigenvalue weighted by atomic mass is 19.1. The number of carbonyl (C=O) groups is 1. The molecule has 0 spiro atoms. The summed E-state index contributed by atoms with van der Waals surface area (Å²) in [5, 5.41) is 2.39. The first-order valence-corrected chi connectivity index (χ1v) is 19.9. The number of carbonyl (C=O) groups excluding carboxylic acids is 1. The summed E-state index contributed by atoms with van der Waals surface area (Å²) in [6, 6.07) is 12.0. The van der Waals surface area contributed by atoms with Crippen LogP contribution in [0.5, 0.6) is 6.01 Å². The number of hydrogen-bond acceptors (Lipinski definition) is 10. The number of amides is 1. The number of rotatable bonds is 8. The fraction of sp³-hybridized carbons (Fsp3) is 0.571. The molecule has 2 bridgehead atoms. The number of pyridine rings is 1. The number of aromatic nitrogens is 3. The highest BCUT2D eigenvalue weighted by molar-refractivity contribution is 6.00. The molecular formula is C42H51FN6O5. The Balaban J connectivity index is 1.09. The molecule has 0 saturated carbocycles. The minimum absolute atomic E-state index is 0.0251. The first-order chi connectivity index (χ1) is 26.2. The van der Waals surface area contributed by atoms with Gasteiger partial charge in [-0.2, -0.15) is 9.97 Å². The van der Waals surface area contributed by atoms with Gasteiger partial charge in [-0.05, 0) is 108 Å². The van der Waals surface area contributed by atoms with Crippen LogP contribution in [0.2, 0.25) is 0 Å². The predicted molar refractivity (Wildman–Crippen MR) is 204 cm³/mol. The third-order valence-electron chi connectivity index (χ3n) is 12.1. The lowest BCUT2D eigenvalue weighted by Gasteiger charge is -2.42. The van der Waals surface area contributed by atoms with Crippen LogP contribution in [0.1, 0.15) is 84.1 Å². The molecule has 1 unspecified atom stereocenters. The van der Waals surface area contributed by atoms with E-state index in [4.69, 9.17) is 33.9 Å². The van der Waals surface area contributed by atoms with Gasteiger partial charge in [0.15, 0.2) is 12.1 Å². The van der Waals surface area contributed by atoms with Gasteiger partial charge in [0, 0.05) is 31.5 Å². The van der Waals surface area contributed by atoms with Crippen molar-refractivity contribution in [3.05, 3.63) is 54.0 Å². The second-order valence-corrected chi connectivity index (χ2v) is 16.8. The Kier molecular flexibility index (Phi) is 9.34. The van der Waals surface area contributed by atoms with Crippen molar-refractivity contribution in [2.24, 2.45) is 0 Å². The smallest absolute Gasteiger partial charge is 0.410 e. The van der Waals surface area contributed by atoms with E-state index in [1.807, 2.05) is 62.1 Å². The van der Waals surface area contributed by atoms with E-state index in [0.29, 0.717) is 49.7 Å². The summed E-state index contributed by atoms with van der Waals surface area (Å²) >= 11 is 0. The molecule has 2 aromatic carbocycles. The van der Waals surface area contributed by atoms with Crippen molar-refractivity contribution in [2.75, 3.05) is 44.3 Å². The van der Waals surface area contributed by atoms with Crippen LogP contribution in [0.25, 0.3) is 32.9 Å². The van der Waals surface area contributed by atoms with E-state index in [2.05, 4.69) is 9.80 Å². The van der Waals surface area contributed by atoms with Gasteiger partial charge in [0.05, 0.1) is 29.6 Å². The molecule has 0 aliphatic carbocycles. The Morgan fingerprint density at radius 2 is 1.74 bits per heavy atom. The van der Waals surface area contributed by atoms with Gasteiger partial charge >= 0.3 is 12.1 Å². The summed E-state index contributed by atoms with van der Waals surface area (Å²) in [6.45, 7) is 10.4. The van der Waals surface area contributed by atoms with Crippen LogP contribution in [0, 0.1) is 5.82 Å². The number of hydrogen-bond donors (Lipinski definition) is 0. The van der Waals surface area contributed by atoms with Crippen LogP contribution in [-0.4, -0.2) is 99.8 Å². The SMILES string of the molecule is CC(C)(C)OC(=O)N1[C@@H]2CC[C@H]1CN(c1nc(OCC34CCCN3CCC4)nc3c(F)c(-c4cccc5cccc(COC6CCCCO6)c45)ncc13)C2. The molecule has 2 aromatic heterocycles. The number of ether oxygens (including phenoxy) is 4. The molecule has 54 heavy (non-hydrogen) atoms. The standard InChI is InChI=1S/C42H51FN6O5/c1-41(2,3)54-40(50)49-29-15-16-30(49)24-47(23-29)38-32-22-44-36(35(43)37(32)45-39(46-38)53-26-42-17-8-19-48(42)20-9-18-42)31-13-7-11-27-10-6-12-28(34(27)31)25-52-33-14-4-5-21-51-33/h6-7,10-13,22,29-30,33H,4-5,8-9,14-21,23-26H2,1-3H3/t29-,30+,33?. The van der Waals surface area contributed by atoms with E-state index in [-0.39, 0.29) is 47.2 Å². The molecule has 4 aromatic rings. The zero-order chi connectivity index (χ0) is 37.0. The Hall–Kier alpha value is -4.13. The maximum Gasteiger partial charge on any atom is 0.410 e. The van der Waals surface area contributed by atoms with E-state index in [9.17, 15) is 4.79 Å². The van der Waals surface area contributed by atoms with Gasteiger partial charge in [0.1, 0.15) is 29.2 Å². The lowest BCUT2D eigenvalue weighted by molar-refractivity contribution is -0.168. The molecule has 5 fully saturated rings. The minimum Gasteiger partial charge on any atom is -0.461 e. The van der Waals surface area contributed by atoms with E-state index >= 15 is 4.39 Å². The van der Waals surface area contributed by atoms with Gasteiger partial charge in [0.25, 0.3) is 0 Å². The molecule has 7 heterocycles. The maximum atomic E-state index is 17.3. The van der Waals surface area contributed by atoms with E-state index in [1.165, 1.54) is 0 Å². The van der Waals surface area contributed by atoms with Gasteiger partial charge in [-0.3, -0.25) is 14.8 Å². The summed E-state index contributed by atoms with van der Waals surface area (Å²) < 4.78 is 41.7. The predicted octanol–water partition coefficient (Wildman–Crippen LogP) is 7.62. The van der Waals surface area contributed by atoms with Crippen LogP contribution in [0.4, 0.5) is 15.0 Å². The number of nitrogens with zero attached hydrogens (tertiary/aromatic N) is 6. The Labute approximate surface area is 316 Å². The molecular weight excluding hydrogens is 687 g/mol. The third-order valence-corrected chi connectivity index (χ3v) is 12.1. The van der Waals surface area contributed by atoms with Crippen molar-refractivity contribution in [2.45, 2.75) is 115 Å². The Bertz CT molecular complexity index is 2020. The lowest BCUT2D eigenvalue weighted by Crippen LogP contribution is -2.57. The number of piperazine rings is 1. The van der Waals surface area contributed by atoms with Crippen molar-refractivity contribution in [3.8, 4) is 17.3 Å². The van der Waals surface area contributed by atoms with Crippen LogP contribution in [-0.2, 0) is 20.8 Å². The highest BCUT2D eigenvalue weighted by Gasteiger charge is 2.46. The zero-order valence-corrected chi connectivity index (χ0v) is 31.7. The second-order valence-electron chi connectivity index (χ2n) is 16.8. The normalized spacial score (nSPS) is 24.0. The number of halogens is 1. The summed E-state index contributed by atoms with van der Waals surface area (Å²) in [5.74, 6) is 0.0668. The third kappa shape index (κ3) is 6.64. The zero-order valence-electron chi connectivity index (χ0n) is 31.7. The topological polar surface area (TPSA) is 102 Å². The average Bonchev–Trinajstić information content (AvgIpc) is 3.83. The van der Waals surface area contributed by atoms with Crippen molar-refractivity contribution < 1.29 is 28.1 Å². The Morgan fingerprint density at radius 1 is 0.981 bits per heavy atom. The number of anilines is 1. The molecule has 9 rings (SSSR count). The molecule has 0 radical (unpaired) electrons. The number of benzene rings is 2. The lowest BCUT2D eigenvalue weighted by atomic mass is 9.95. The molecule has 5 aliphatic rings. The monoisotopic (exact) mass is 738 g/mol. The summed E-state index contributed by atoms with van der Waals surface area (Å²) in [4.78, 5) is 34.5. The highest BCUT2D eigenvalue weighted by Crippen LogP contribution is 2.41. The van der Waals surface area contributed by atoms with Gasteiger partial charge in [-0.15, -0.1) is 0 Å². The minimum atomic E-state index is -0.584. The first kappa shape index (κ1) is 35.6. The summed E-state index contributed by atoms with van der Waals surface area (Å²) in [6.07, 6.45) is 10.3. The van der Waals surface area contributed by atoms with E-state index < -0.39 is 11.4 Å². The molecule has 11 nitrogen and oxygen atoms in total. The average molecular weight is 739 g/mol. The fourth-order valence-electron chi connectivity index (χ4n) is 9.63. The Morgan fingerprint density at radius 3 is 2.46 bits per heavy atom. The van der Waals surface area contributed by atoms with Crippen LogP contribution >= 0.6 is 0 Å². The van der Waals surface area contributed by atoms with Crippen molar-refractivity contribution in [1.29, 1.82) is 0 Å². The summed E-state index contributed by atoms with van der Waals surface area (Å²) in [7, 11) is 0. The molecule has 286 valence electrons. The van der Waals surface area contributed by atoms with Crippen molar-refractivity contribution in [1.82, 2.24) is 24.8 Å². The molecule has 5 aliphatic heterocycles. The summed E-state index contributed by atoms with van der Waals surface area (Å²) in [5.41, 5.74) is 1.41. The van der Waals surface area contributed by atoms with E-state index in [0.717, 1.165) is 87.2 Å². The molecule has 3 atom stereocenters. The molecule has 1 amide bonds. The van der Waals surface area contributed by atoms with E-state index in [1.54, 1.807) is 6.20 Å². The molecule has 12 heteroatoms. The quantitative estimate of drug-likeness (QED) is 0.179. The van der Waals surface area contributed by atoms with Crippen molar-refractivity contribution in [3.63, 3.8) is 0 Å². The van der Waals surface area contributed by atoms with Gasteiger partial charge < -0.3 is 23.8 Å². The van der Waals surface area contributed by atoms with Crippen LogP contribution in [0.3, 0.4) is 0 Å². The first-order valence-electron chi connectivity index (χ1n) is 19.9. The largest absolute Gasteiger partial charge is 0.461 e. The van der Waals surface area contributed by atoms with Gasteiger partial charge in [-0.1, -0.05) is 36.4 Å². The number of fused-ring (bicyclic) bond motifs is 5.